The van der Waals surface area contributed by atoms with E-state index in [4.69, 9.17) is 5.73 Å². The van der Waals surface area contributed by atoms with Gasteiger partial charge in [-0.25, -0.2) is 4.39 Å². The minimum atomic E-state index is -0.657. The molecule has 0 aromatic carbocycles. The summed E-state index contributed by atoms with van der Waals surface area (Å²) in [7, 11) is 1.58. The van der Waals surface area contributed by atoms with E-state index in [9.17, 15) is 18.8 Å². The third kappa shape index (κ3) is 18.1. The number of carbonyl (C=O) groups excluding carboxylic acids is 3. The molecule has 0 aromatic heterocycles. The van der Waals surface area contributed by atoms with Crippen LogP contribution in [-0.4, -0.2) is 68.7 Å². The van der Waals surface area contributed by atoms with Crippen molar-refractivity contribution in [3.8, 4) is 0 Å². The summed E-state index contributed by atoms with van der Waals surface area (Å²) in [5, 5.41) is 8.18. The number of hydrogen-bond donors (Lipinski definition) is 4. The molecule has 0 spiro atoms. The quantitative estimate of drug-likeness (QED) is 0.222. The van der Waals surface area contributed by atoms with Crippen LogP contribution in [0.5, 0.6) is 0 Å². The first-order valence-corrected chi connectivity index (χ1v) is 10.7. The fraction of sp³-hybridized carbons (Fsp3) is 0.850. The van der Waals surface area contributed by atoms with Crippen LogP contribution in [0, 0.1) is 0 Å². The molecule has 3 amide bonds. The highest BCUT2D eigenvalue weighted by molar-refractivity contribution is 5.87. The van der Waals surface area contributed by atoms with E-state index in [0.717, 1.165) is 19.3 Å². The number of hydrogen-bond acceptors (Lipinski definition) is 5. The molecule has 0 saturated carbocycles. The van der Waals surface area contributed by atoms with Crippen LogP contribution in [0.4, 0.5) is 4.39 Å². The molecule has 0 fully saturated rings. The van der Waals surface area contributed by atoms with Crippen molar-refractivity contribution in [1.29, 1.82) is 0 Å². The second kappa shape index (κ2) is 21.0. The third-order valence-corrected chi connectivity index (χ3v) is 4.03. The summed E-state index contributed by atoms with van der Waals surface area (Å²) in [6.45, 7) is 6.83. The van der Waals surface area contributed by atoms with E-state index in [0.29, 0.717) is 38.9 Å². The number of nitrogens with two attached hydrogens (primary N) is 1. The van der Waals surface area contributed by atoms with Gasteiger partial charge in [-0.15, -0.1) is 0 Å². The first-order chi connectivity index (χ1) is 13.9. The molecular weight excluding hydrogens is 377 g/mol. The first kappa shape index (κ1) is 29.5. The summed E-state index contributed by atoms with van der Waals surface area (Å²) >= 11 is 0. The molecule has 1 atom stereocenters. The maximum Gasteiger partial charge on any atom is 0.242 e. The second-order valence-corrected chi connectivity index (χ2v) is 6.60. The predicted octanol–water partition coefficient (Wildman–Crippen LogP) is 1.30. The lowest BCUT2D eigenvalue weighted by atomic mass is 10.1. The molecule has 8 nitrogen and oxygen atoms in total. The lowest BCUT2D eigenvalue weighted by Gasteiger charge is -2.19. The summed E-state index contributed by atoms with van der Waals surface area (Å²) in [5.74, 6) is -0.617. The van der Waals surface area contributed by atoms with Crippen molar-refractivity contribution in [3.05, 3.63) is 0 Å². The number of nitrogens with zero attached hydrogens (tertiary/aromatic N) is 1. The van der Waals surface area contributed by atoms with Gasteiger partial charge in [-0.2, -0.15) is 0 Å². The molecule has 0 bridgehead atoms. The van der Waals surface area contributed by atoms with Gasteiger partial charge in [0.15, 0.2) is 0 Å². The maximum absolute atomic E-state index is 12.4. The Morgan fingerprint density at radius 3 is 2.24 bits per heavy atom. The minimum absolute atomic E-state index is 0.0316. The lowest BCUT2D eigenvalue weighted by molar-refractivity contribution is -0.129. The predicted molar refractivity (Wildman–Crippen MR) is 115 cm³/mol. The number of carbonyl (C=O) groups is 3. The number of halogens is 1. The normalized spacial score (nSPS) is 11.3. The van der Waals surface area contributed by atoms with Gasteiger partial charge in [0.2, 0.25) is 17.7 Å². The summed E-state index contributed by atoms with van der Waals surface area (Å²) in [4.78, 5) is 37.3. The first-order valence-electron chi connectivity index (χ1n) is 10.7. The number of amides is 3. The Bertz CT molecular complexity index is 438. The average Bonchev–Trinajstić information content (AvgIpc) is 2.74. The number of unbranched alkanes of at least 4 members (excludes halogenated alkanes) is 2. The molecule has 5 N–H and O–H groups in total. The highest BCUT2D eigenvalue weighted by Gasteiger charge is 2.20. The molecule has 0 rings (SSSR count). The molecule has 29 heavy (non-hydrogen) atoms. The maximum atomic E-state index is 12.4. The topological polar surface area (TPSA) is 117 Å². The Morgan fingerprint density at radius 1 is 1.00 bits per heavy atom. The van der Waals surface area contributed by atoms with Crippen LogP contribution in [0.15, 0.2) is 0 Å². The smallest absolute Gasteiger partial charge is 0.242 e. The molecule has 172 valence electrons. The molecule has 0 heterocycles. The van der Waals surface area contributed by atoms with E-state index in [-0.39, 0.29) is 30.7 Å². The summed E-state index contributed by atoms with van der Waals surface area (Å²) < 4.78 is 12.4. The Balaban J connectivity index is 0. The highest BCUT2D eigenvalue weighted by Crippen LogP contribution is 2.02. The zero-order chi connectivity index (χ0) is 22.5. The van der Waals surface area contributed by atoms with Crippen molar-refractivity contribution in [2.75, 3.05) is 40.0 Å². The van der Waals surface area contributed by atoms with E-state index >= 15 is 0 Å². The molecule has 0 aromatic rings. The molecule has 0 radical (unpaired) electrons. The molecular formula is C20H42FN5O3. The average molecular weight is 420 g/mol. The van der Waals surface area contributed by atoms with Crippen molar-refractivity contribution in [2.45, 2.75) is 71.8 Å². The fourth-order valence-electron chi connectivity index (χ4n) is 2.32. The Hall–Kier alpha value is -1.74. The minimum Gasteiger partial charge on any atom is -0.354 e. The zero-order valence-electron chi connectivity index (χ0n) is 18.7. The molecule has 0 aliphatic carbocycles. The lowest BCUT2D eigenvalue weighted by Crippen LogP contribution is -2.48. The number of nitrogens with one attached hydrogen (secondary N) is 3. The zero-order valence-corrected chi connectivity index (χ0v) is 18.7. The van der Waals surface area contributed by atoms with Gasteiger partial charge in [0.25, 0.3) is 0 Å². The Morgan fingerprint density at radius 2 is 1.66 bits per heavy atom. The number of rotatable bonds is 16. The second-order valence-electron chi connectivity index (χ2n) is 6.60. The summed E-state index contributed by atoms with van der Waals surface area (Å²) in [5.41, 5.74) is 5.48. The van der Waals surface area contributed by atoms with E-state index < -0.39 is 12.8 Å². The van der Waals surface area contributed by atoms with Crippen molar-refractivity contribution in [2.24, 2.45) is 5.73 Å². The van der Waals surface area contributed by atoms with Gasteiger partial charge in [0.05, 0.1) is 0 Å². The van der Waals surface area contributed by atoms with E-state index in [1.165, 1.54) is 4.90 Å². The fourth-order valence-corrected chi connectivity index (χ4v) is 2.32. The van der Waals surface area contributed by atoms with Crippen molar-refractivity contribution in [1.82, 2.24) is 20.9 Å². The van der Waals surface area contributed by atoms with Gasteiger partial charge in [-0.1, -0.05) is 27.2 Å². The van der Waals surface area contributed by atoms with Crippen LogP contribution in [0.2, 0.25) is 0 Å². The van der Waals surface area contributed by atoms with Crippen LogP contribution in [0.25, 0.3) is 0 Å². The van der Waals surface area contributed by atoms with Crippen molar-refractivity contribution in [3.63, 3.8) is 0 Å². The van der Waals surface area contributed by atoms with Gasteiger partial charge < -0.3 is 21.7 Å². The van der Waals surface area contributed by atoms with Crippen LogP contribution in [0.1, 0.15) is 65.7 Å². The molecule has 0 aliphatic rings. The highest BCUT2D eigenvalue weighted by atomic mass is 19.1. The Kier molecular flexibility index (Phi) is 21.3. The van der Waals surface area contributed by atoms with Gasteiger partial charge in [-0.05, 0) is 39.3 Å². The van der Waals surface area contributed by atoms with Gasteiger partial charge >= 0.3 is 0 Å². The van der Waals surface area contributed by atoms with Crippen LogP contribution in [0.3, 0.4) is 0 Å². The van der Waals surface area contributed by atoms with Crippen molar-refractivity contribution >= 4 is 17.7 Å². The van der Waals surface area contributed by atoms with Crippen LogP contribution >= 0.6 is 0 Å². The van der Waals surface area contributed by atoms with E-state index in [1.54, 1.807) is 7.05 Å². The number of alkyl halides is 1. The molecule has 9 heteroatoms. The van der Waals surface area contributed by atoms with Gasteiger partial charge in [0, 0.05) is 32.5 Å². The van der Waals surface area contributed by atoms with Crippen molar-refractivity contribution < 1.29 is 18.8 Å². The van der Waals surface area contributed by atoms with Crippen LogP contribution in [-0.2, 0) is 14.4 Å². The van der Waals surface area contributed by atoms with Gasteiger partial charge in [-0.3, -0.25) is 19.3 Å². The van der Waals surface area contributed by atoms with Gasteiger partial charge in [0.1, 0.15) is 12.8 Å². The van der Waals surface area contributed by atoms with E-state index in [2.05, 4.69) is 16.0 Å². The monoisotopic (exact) mass is 419 g/mol. The summed E-state index contributed by atoms with van der Waals surface area (Å²) in [6, 6.07) is -0.657. The third-order valence-electron chi connectivity index (χ3n) is 4.03. The van der Waals surface area contributed by atoms with Crippen LogP contribution < -0.4 is 21.7 Å². The van der Waals surface area contributed by atoms with E-state index in [1.807, 2.05) is 20.8 Å². The molecule has 0 saturated heterocycles. The Labute approximate surface area is 175 Å². The SMILES string of the molecule is CC.CCCCC(=O)NCCNC(=O)C(CCCCN)NC(=O)CCN(C)CF. The largest absolute Gasteiger partial charge is 0.354 e. The molecule has 0 aliphatic heterocycles. The summed E-state index contributed by atoms with van der Waals surface area (Å²) in [6.07, 6.45) is 4.35. The molecule has 1 unspecified atom stereocenters. The standard InChI is InChI=1S/C18H36FN5O3.C2H6/c1-3-4-8-16(25)21-11-12-22-18(27)15(7-5-6-10-20)23-17(26)9-13-24(2)14-19;1-2/h15H,3-14,20H2,1-2H3,(H,21,25)(H,22,27)(H,23,26);1-2H3.